The summed E-state index contributed by atoms with van der Waals surface area (Å²) in [6.07, 6.45) is 7.48. The van der Waals surface area contributed by atoms with E-state index in [4.69, 9.17) is 94.4 Å². The lowest BCUT2D eigenvalue weighted by Crippen LogP contribution is -2.37. The molecule has 0 atom stereocenters. The molecule has 6 aromatic carbocycles. The van der Waals surface area contributed by atoms with Crippen molar-refractivity contribution in [2.24, 2.45) is 10.9 Å². The average Bonchev–Trinajstić information content (AvgIpc) is 1.33. The molecule has 0 spiro atoms. The van der Waals surface area contributed by atoms with Crippen molar-refractivity contribution in [3.8, 4) is 0 Å². The van der Waals surface area contributed by atoms with Gasteiger partial charge in [-0.2, -0.15) is 79.9 Å². The number of aromatic nitrogens is 16. The summed E-state index contributed by atoms with van der Waals surface area (Å²) >= 11 is 33.3. The Hall–Kier alpha value is -11.3. The average molecular weight is 1710 g/mol. The molecule has 0 saturated carbocycles. The van der Waals surface area contributed by atoms with Gasteiger partial charge in [0, 0.05) is 103 Å². The van der Waals surface area contributed by atoms with Crippen LogP contribution in [0.15, 0.2) is 163 Å². The second-order valence-electron chi connectivity index (χ2n) is 25.7. The second kappa shape index (κ2) is 45.3. The van der Waals surface area contributed by atoms with Crippen LogP contribution >= 0.6 is 69.6 Å². The van der Waals surface area contributed by atoms with Crippen molar-refractivity contribution in [1.29, 1.82) is 0 Å². The SMILES string of the molecule is C1COCCN1.Cc1ccc(Nc2nc(Cl)nc(Cl)n2)cc1.Cc1ccc(Nc2nc(Cl)nc(N3CCOCC3)n2)cc1.Cc1ccc(Nc2nc(N/N=C/c3c[nH]c4ccccc34)nc(N3CCOCC3)n2)cc1.Cc1ccc(Nc2nc(NN)nc(N3CCOCC3)n2)cc1.Clc1nc(Cl)nc(Cl)n1.O=CC1=CCc2ccccc21. The summed E-state index contributed by atoms with van der Waals surface area (Å²) in [5.41, 5.74) is 19.0. The first-order valence-corrected chi connectivity index (χ1v) is 39.1. The number of nitrogens with two attached hydrogens (primary N) is 1. The normalized spacial score (nSPS) is 14.0. The van der Waals surface area contributed by atoms with E-state index in [1.165, 1.54) is 27.8 Å². The summed E-state index contributed by atoms with van der Waals surface area (Å²) < 4.78 is 21.1. The van der Waals surface area contributed by atoms with E-state index in [9.17, 15) is 4.79 Å². The van der Waals surface area contributed by atoms with Gasteiger partial charge >= 0.3 is 0 Å². The summed E-state index contributed by atoms with van der Waals surface area (Å²) in [5, 5.41) is 21.5. The molecule has 0 unspecified atom stereocenters. The van der Waals surface area contributed by atoms with Crippen LogP contribution in [0.4, 0.5) is 76.3 Å². The van der Waals surface area contributed by atoms with Gasteiger partial charge in [-0.3, -0.25) is 10.2 Å². The molecule has 10 N–H and O–H groups in total. The van der Waals surface area contributed by atoms with Gasteiger partial charge in [0.1, 0.15) is 6.29 Å². The lowest BCUT2D eigenvalue weighted by atomic mass is 10.1. The Morgan fingerprint density at radius 3 is 1.19 bits per heavy atom. The highest BCUT2D eigenvalue weighted by Crippen LogP contribution is 2.27. The number of carbonyl (C=O) groups excluding carboxylic acids is 1. The van der Waals surface area contributed by atoms with Crippen LogP contribution in [0.1, 0.15) is 38.9 Å². The predicted molar refractivity (Wildman–Crippen MR) is 461 cm³/mol. The quantitative estimate of drug-likeness (QED) is 0.0188. The maximum atomic E-state index is 10.5. The zero-order chi connectivity index (χ0) is 82.1. The van der Waals surface area contributed by atoms with Gasteiger partial charge in [0.2, 0.25) is 85.2 Å². The molecule has 39 heteroatoms. The van der Waals surface area contributed by atoms with E-state index >= 15 is 0 Å². The molecule has 33 nitrogen and oxygen atoms in total. The first kappa shape index (κ1) is 86.5. The van der Waals surface area contributed by atoms with E-state index in [-0.39, 0.29) is 31.7 Å². The fraction of sp³-hybridized carbons (Fsp3) is 0.269. The highest BCUT2D eigenvalue weighted by atomic mass is 35.5. The van der Waals surface area contributed by atoms with Gasteiger partial charge in [0.05, 0.1) is 59.1 Å². The zero-order valence-corrected chi connectivity index (χ0v) is 68.6. The maximum absolute atomic E-state index is 10.5. The fourth-order valence-electron chi connectivity index (χ4n) is 11.1. The van der Waals surface area contributed by atoms with E-state index in [2.05, 4.69) is 146 Å². The minimum atomic E-state index is 0.000000000000000444. The number of aromatic amines is 1. The highest BCUT2D eigenvalue weighted by molar-refractivity contribution is 6.33. The minimum absolute atomic E-state index is 0.000000000000000444. The van der Waals surface area contributed by atoms with E-state index < -0.39 is 0 Å². The van der Waals surface area contributed by atoms with Gasteiger partial charge in [-0.1, -0.05) is 119 Å². The van der Waals surface area contributed by atoms with E-state index in [1.54, 1.807) is 6.21 Å². The molecule has 0 bridgehead atoms. The van der Waals surface area contributed by atoms with Gasteiger partial charge in [0.15, 0.2) is 0 Å². The molecule has 608 valence electrons. The summed E-state index contributed by atoms with van der Waals surface area (Å²) in [5.74, 6) is 9.57. The van der Waals surface area contributed by atoms with Crippen molar-refractivity contribution in [2.75, 3.05) is 152 Å². The lowest BCUT2D eigenvalue weighted by molar-refractivity contribution is -0.103. The van der Waals surface area contributed by atoms with Crippen molar-refractivity contribution in [1.82, 2.24) is 85.1 Å². The number of ether oxygens (including phenoxy) is 4. The summed E-state index contributed by atoms with van der Waals surface area (Å²) in [6, 6.07) is 47.9. The molecule has 6 aromatic heterocycles. The van der Waals surface area contributed by atoms with Gasteiger partial charge in [-0.25, -0.2) is 11.3 Å². The van der Waals surface area contributed by atoms with Gasteiger partial charge in [-0.15, -0.1) is 0 Å². The molecule has 17 rings (SSSR count). The monoisotopic (exact) mass is 1700 g/mol. The first-order chi connectivity index (χ1) is 56.9. The number of H-pyrrole nitrogens is 1. The molecule has 5 aliphatic rings. The van der Waals surface area contributed by atoms with Crippen LogP contribution in [-0.2, 0) is 30.2 Å². The van der Waals surface area contributed by atoms with Crippen LogP contribution in [-0.4, -0.2) is 197 Å². The Kier molecular flexibility index (Phi) is 33.5. The lowest BCUT2D eigenvalue weighted by Gasteiger charge is -2.27. The number of anilines is 13. The number of hydrazone groups is 1. The van der Waals surface area contributed by atoms with Crippen molar-refractivity contribution in [2.45, 2.75) is 34.1 Å². The molecule has 0 amide bonds. The molecular weight excluding hydrogens is 1620 g/mol. The number of hydrogen-bond acceptors (Lipinski definition) is 32. The number of nitrogens with one attached hydrogen (secondary N) is 8. The molecule has 4 fully saturated rings. The van der Waals surface area contributed by atoms with Crippen LogP contribution in [0, 0.1) is 27.7 Å². The molecular formula is C78H84Cl6N28O5. The molecule has 12 aromatic rings. The number of rotatable bonds is 16. The van der Waals surface area contributed by atoms with Gasteiger partial charge in [0.25, 0.3) is 0 Å². The number of halogens is 6. The topological polar surface area (TPSA) is 395 Å². The van der Waals surface area contributed by atoms with Crippen molar-refractivity contribution >= 4 is 175 Å². The van der Waals surface area contributed by atoms with Crippen LogP contribution in [0.5, 0.6) is 0 Å². The Morgan fingerprint density at radius 1 is 0.410 bits per heavy atom. The first-order valence-electron chi connectivity index (χ1n) is 36.8. The largest absolute Gasteiger partial charge is 0.379 e. The number of aryl methyl sites for hydroxylation is 4. The number of hydrazine groups is 1. The Bertz CT molecular complexity index is 5120. The summed E-state index contributed by atoms with van der Waals surface area (Å²) in [4.78, 5) is 81.2. The van der Waals surface area contributed by atoms with Crippen LogP contribution in [0.3, 0.4) is 0 Å². The standard InChI is InChI=1S/C23H24N8O.C14H16ClN5O.C14H19N7O.C10H8Cl2N4.C10H8O.C4H9NO.C3Cl3N3/c1-16-6-8-18(9-7-16)26-21-27-22(29-23(28-21)31-10-12-32-13-11-31)30-25-15-17-14-24-20-5-3-2-4-19(17)20;1-10-2-4-11(5-3-10)16-13-17-12(15)18-14(19-13)20-6-8-21-9-7-20;1-10-2-4-11(5-3-10)16-12-17-13(20-15)19-14(18-12)21-6-8-22-9-7-21;1-6-2-4-7(5-3-6)13-10-15-8(11)14-9(12)16-10;11-7-9-6-5-8-3-1-2-4-10(8)9;1-3-6-4-2-5-1;4-1-7-2(5)9-3(6)8-1/h2-9,14-15,24H,10-13H2,1H3,(H2,26,27,28,29,30);2-5H,6-9H2,1H3,(H,16,17,18,19);2-5H,6-9,15H2,1H3,(H2,16,17,18,19,20);2-5H,1H3,(H,13,14,15,16);1-4,6-7H,5H2;5H,1-4H2;/b25-15+;;;;;;. The third-order valence-corrected chi connectivity index (χ3v) is 18.1. The maximum Gasteiger partial charge on any atom is 0.250 e. The highest BCUT2D eigenvalue weighted by Gasteiger charge is 2.21. The Labute approximate surface area is 704 Å². The fourth-order valence-corrected chi connectivity index (χ4v) is 12.2. The Balaban J connectivity index is 0.000000141. The van der Waals surface area contributed by atoms with Crippen LogP contribution < -0.4 is 58.0 Å². The molecule has 10 heterocycles. The number of nitrogens with zero attached hydrogens (tertiary/aromatic N) is 19. The van der Waals surface area contributed by atoms with E-state index in [0.717, 1.165) is 129 Å². The minimum Gasteiger partial charge on any atom is -0.379 e. The van der Waals surface area contributed by atoms with E-state index in [1.807, 2.05) is 176 Å². The number of morpholine rings is 4. The number of para-hydroxylation sites is 1. The van der Waals surface area contributed by atoms with Crippen molar-refractivity contribution in [3.05, 3.63) is 229 Å². The number of nitrogen functional groups attached to an aromatic ring is 1. The van der Waals surface area contributed by atoms with Gasteiger partial charge < -0.3 is 65.2 Å². The van der Waals surface area contributed by atoms with Crippen molar-refractivity contribution in [3.63, 3.8) is 0 Å². The number of aldehydes is 1. The summed E-state index contributed by atoms with van der Waals surface area (Å²) in [7, 11) is 0. The number of hydrogen-bond donors (Lipinski definition) is 9. The Morgan fingerprint density at radius 2 is 0.769 bits per heavy atom. The smallest absolute Gasteiger partial charge is 0.250 e. The molecule has 0 radical (unpaired) electrons. The summed E-state index contributed by atoms with van der Waals surface area (Å²) in [6.45, 7) is 20.4. The van der Waals surface area contributed by atoms with Crippen LogP contribution in [0.2, 0.25) is 31.7 Å². The molecule has 117 heavy (non-hydrogen) atoms. The number of carbonyl (C=O) groups is 1. The molecule has 4 aliphatic heterocycles. The predicted octanol–water partition coefficient (Wildman–Crippen LogP) is 13.6. The van der Waals surface area contributed by atoms with E-state index in [0.29, 0.717) is 93.2 Å². The molecule has 1 aliphatic carbocycles. The third-order valence-electron chi connectivity index (χ3n) is 17.1. The number of fused-ring (bicyclic) bond motifs is 2. The second-order valence-corrected chi connectivity index (χ2v) is 27.7. The number of benzene rings is 6. The molecule has 4 saturated heterocycles. The van der Waals surface area contributed by atoms with Crippen molar-refractivity contribution < 1.29 is 23.7 Å². The van der Waals surface area contributed by atoms with Crippen LogP contribution in [0.25, 0.3) is 16.5 Å². The van der Waals surface area contributed by atoms with Gasteiger partial charge in [-0.05, 0) is 169 Å². The number of allylic oxidation sites excluding steroid dienone is 2. The zero-order valence-electron chi connectivity index (χ0n) is 64.1. The third kappa shape index (κ3) is 28.5.